The first-order chi connectivity index (χ1) is 12.7. The fraction of sp³-hybridized carbons (Fsp3) is 0.375. The van der Waals surface area contributed by atoms with Gasteiger partial charge in [-0.05, 0) is 30.7 Å². The Morgan fingerprint density at radius 3 is 2.29 bits per heavy atom. The molecule has 1 fully saturated rings. The minimum atomic E-state index is -1.32. The van der Waals surface area contributed by atoms with Crippen LogP contribution in [0.2, 0.25) is 10.9 Å². The third kappa shape index (κ3) is 6.43. The van der Waals surface area contributed by atoms with E-state index in [1.54, 1.807) is 7.28 Å². The van der Waals surface area contributed by atoms with E-state index in [-0.39, 0.29) is 60.2 Å². The van der Waals surface area contributed by atoms with Crippen molar-refractivity contribution in [3.63, 3.8) is 0 Å². The molecule has 1 aromatic rings. The number of rotatable bonds is 10. The molecule has 3 N–H and O–H groups in total. The predicted octanol–water partition coefficient (Wildman–Crippen LogP) is -3.38. The minimum Gasteiger partial charge on any atom is -0.481 e. The Morgan fingerprint density at radius 2 is 1.86 bits per heavy atom. The number of carboxylic acids is 2. The number of carbonyl (C=O) groups is 4. The van der Waals surface area contributed by atoms with Crippen LogP contribution >= 0.6 is 0 Å². The van der Waals surface area contributed by atoms with Gasteiger partial charge in [0.05, 0.1) is 15.7 Å². The standard InChI is InChI=1S/C16H16B3N2O6.Na/c17-15-16(18,19-15)7-21(8-22)10-3-1-9(2-4-10)13(25)20-11(14(26)27)5-6-12(23)24;/h1-4,8,11,15H,5-7H2,(H,20,25)(H,23,24)(H,26,27);/q;+1/t11-,15?,16?;/m0./s1. The van der Waals surface area contributed by atoms with E-state index >= 15 is 0 Å². The molecule has 0 bridgehead atoms. The summed E-state index contributed by atoms with van der Waals surface area (Å²) in [5, 5.41) is 19.3. The number of benzene rings is 1. The SMILES string of the molecule is [B]C1[B]C1([B])CN(C=O)c1ccc(C(=O)N[C@@H](CCC(=O)O)C(=O)O)cc1.[Na+]. The van der Waals surface area contributed by atoms with Gasteiger partial charge in [0.2, 0.25) is 6.41 Å². The van der Waals surface area contributed by atoms with Crippen LogP contribution in [0.1, 0.15) is 23.2 Å². The first-order valence-electron chi connectivity index (χ1n) is 8.14. The summed E-state index contributed by atoms with van der Waals surface area (Å²) >= 11 is 0. The molecule has 1 aliphatic rings. The number of anilines is 1. The number of amides is 2. The summed E-state index contributed by atoms with van der Waals surface area (Å²) in [6.45, 7) is 0.194. The molecule has 12 heteroatoms. The molecule has 3 atom stereocenters. The van der Waals surface area contributed by atoms with Gasteiger partial charge in [-0.25, -0.2) is 4.79 Å². The summed E-state index contributed by atoms with van der Waals surface area (Å²) in [6.07, 6.45) is -0.0118. The number of hydrogen-bond donors (Lipinski definition) is 3. The molecule has 1 saturated heterocycles. The molecular formula is C16H16B3N2NaO6+. The van der Waals surface area contributed by atoms with E-state index in [1.165, 1.54) is 29.2 Å². The van der Waals surface area contributed by atoms with Crippen LogP contribution in [0, 0.1) is 0 Å². The number of carboxylic acid groups (broad SMARTS) is 2. The number of nitrogens with zero attached hydrogens (tertiary/aromatic N) is 1. The fourth-order valence-corrected chi connectivity index (χ4v) is 2.50. The van der Waals surface area contributed by atoms with E-state index in [9.17, 15) is 19.2 Å². The zero-order valence-corrected chi connectivity index (χ0v) is 17.4. The Morgan fingerprint density at radius 1 is 1.29 bits per heavy atom. The third-order valence-corrected chi connectivity index (χ3v) is 4.28. The van der Waals surface area contributed by atoms with Crippen LogP contribution in [0.5, 0.6) is 0 Å². The monoisotopic (exact) mass is 388 g/mol. The zero-order valence-electron chi connectivity index (χ0n) is 15.4. The quantitative estimate of drug-likeness (QED) is 0.284. The molecule has 28 heavy (non-hydrogen) atoms. The van der Waals surface area contributed by atoms with Gasteiger partial charge in [0.1, 0.15) is 13.3 Å². The molecule has 0 spiro atoms. The van der Waals surface area contributed by atoms with Crippen molar-refractivity contribution in [3.8, 4) is 0 Å². The Hall–Kier alpha value is -1.71. The average Bonchev–Trinajstić information content (AvgIpc) is 3.22. The van der Waals surface area contributed by atoms with Crippen LogP contribution in [0.4, 0.5) is 5.69 Å². The van der Waals surface area contributed by atoms with Gasteiger partial charge in [0.25, 0.3) is 5.91 Å². The first-order valence-corrected chi connectivity index (χ1v) is 8.14. The number of aliphatic carboxylic acids is 2. The largest absolute Gasteiger partial charge is 1.00 e. The summed E-state index contributed by atoms with van der Waals surface area (Å²) in [7, 11) is 13.4. The average molecular weight is 388 g/mol. The normalized spacial score (nSPS) is 20.6. The molecule has 0 aromatic heterocycles. The molecule has 0 aliphatic carbocycles. The van der Waals surface area contributed by atoms with Crippen molar-refractivity contribution in [2.45, 2.75) is 29.8 Å². The topological polar surface area (TPSA) is 124 Å². The Kier molecular flexibility index (Phi) is 8.85. The second-order valence-electron chi connectivity index (χ2n) is 6.38. The second kappa shape index (κ2) is 10.2. The van der Waals surface area contributed by atoms with E-state index in [0.29, 0.717) is 12.1 Å². The summed E-state index contributed by atoms with van der Waals surface area (Å²) < 4.78 is 0. The van der Waals surface area contributed by atoms with Crippen LogP contribution in [0.25, 0.3) is 0 Å². The molecule has 135 valence electrons. The van der Waals surface area contributed by atoms with E-state index in [4.69, 9.17) is 25.9 Å². The Balaban J connectivity index is 0.00000392. The Labute approximate surface area is 187 Å². The van der Waals surface area contributed by atoms with Crippen molar-refractivity contribution in [1.82, 2.24) is 5.32 Å². The molecule has 1 aliphatic heterocycles. The molecule has 0 saturated carbocycles. The summed E-state index contributed by atoms with van der Waals surface area (Å²) in [5.74, 6) is -3.14. The molecule has 5 radical (unpaired) electrons. The van der Waals surface area contributed by atoms with Crippen molar-refractivity contribution in [2.75, 3.05) is 11.4 Å². The van der Waals surface area contributed by atoms with E-state index in [0.717, 1.165) is 0 Å². The zero-order chi connectivity index (χ0) is 20.2. The predicted molar refractivity (Wildman–Crippen MR) is 99.3 cm³/mol. The van der Waals surface area contributed by atoms with Gasteiger partial charge in [-0.3, -0.25) is 14.4 Å². The van der Waals surface area contributed by atoms with E-state index < -0.39 is 29.1 Å². The molecule has 1 aromatic carbocycles. The van der Waals surface area contributed by atoms with Crippen molar-refractivity contribution in [3.05, 3.63) is 29.8 Å². The van der Waals surface area contributed by atoms with Crippen molar-refractivity contribution in [2.24, 2.45) is 0 Å². The summed E-state index contributed by atoms with van der Waals surface area (Å²) in [5.41, 5.74) is 0.381. The van der Waals surface area contributed by atoms with Crippen LogP contribution in [-0.4, -0.2) is 70.0 Å². The maximum Gasteiger partial charge on any atom is 1.00 e. The van der Waals surface area contributed by atoms with Crippen molar-refractivity contribution >= 4 is 52.9 Å². The molecule has 8 nitrogen and oxygen atoms in total. The van der Waals surface area contributed by atoms with E-state index in [1.807, 2.05) is 0 Å². The molecule has 2 rings (SSSR count). The molecular weight excluding hydrogens is 372 g/mol. The van der Waals surface area contributed by atoms with Gasteiger partial charge in [-0.15, -0.1) is 5.72 Å². The van der Waals surface area contributed by atoms with Crippen LogP contribution in [-0.2, 0) is 14.4 Å². The molecule has 2 amide bonds. The maximum absolute atomic E-state index is 12.2. The molecule has 2 unspecified atom stereocenters. The Bertz CT molecular complexity index is 750. The first kappa shape index (κ1) is 24.3. The van der Waals surface area contributed by atoms with Gasteiger partial charge >= 0.3 is 41.5 Å². The smallest absolute Gasteiger partial charge is 0.481 e. The van der Waals surface area contributed by atoms with Gasteiger partial charge in [0, 0.05) is 24.2 Å². The van der Waals surface area contributed by atoms with Crippen molar-refractivity contribution < 1.29 is 58.9 Å². The third-order valence-electron chi connectivity index (χ3n) is 4.28. The molecule has 1 heterocycles. The second-order valence-corrected chi connectivity index (χ2v) is 6.38. The fourth-order valence-electron chi connectivity index (χ4n) is 2.50. The van der Waals surface area contributed by atoms with Crippen molar-refractivity contribution in [1.29, 1.82) is 0 Å². The van der Waals surface area contributed by atoms with Gasteiger partial charge < -0.3 is 20.4 Å². The number of hydrogen-bond acceptors (Lipinski definition) is 4. The summed E-state index contributed by atoms with van der Waals surface area (Å²) in [4.78, 5) is 46.6. The van der Waals surface area contributed by atoms with Crippen LogP contribution < -0.4 is 39.8 Å². The van der Waals surface area contributed by atoms with Gasteiger partial charge in [0.15, 0.2) is 0 Å². The van der Waals surface area contributed by atoms with E-state index in [2.05, 4.69) is 5.32 Å². The minimum absolute atomic E-state index is 0. The van der Waals surface area contributed by atoms with Gasteiger partial charge in [-0.1, -0.05) is 5.21 Å². The summed E-state index contributed by atoms with van der Waals surface area (Å²) in [6, 6.07) is 4.58. The number of nitrogens with one attached hydrogen (secondary N) is 1. The number of carbonyl (C=O) groups excluding carboxylic acids is 2. The van der Waals surface area contributed by atoms with Crippen LogP contribution in [0.15, 0.2) is 24.3 Å². The van der Waals surface area contributed by atoms with Crippen LogP contribution in [0.3, 0.4) is 0 Å². The maximum atomic E-state index is 12.2. The van der Waals surface area contributed by atoms with Gasteiger partial charge in [-0.2, -0.15) is 0 Å².